The minimum Gasteiger partial charge on any atom is -0.373 e. The average Bonchev–Trinajstić information content (AvgIpc) is 2.76. The molecule has 0 saturated carbocycles. The van der Waals surface area contributed by atoms with Crippen molar-refractivity contribution >= 4 is 11.6 Å². The summed E-state index contributed by atoms with van der Waals surface area (Å²) in [7, 11) is 1.87. The molecule has 2 rings (SSSR count). The van der Waals surface area contributed by atoms with Gasteiger partial charge < -0.3 is 16.0 Å². The van der Waals surface area contributed by atoms with Crippen molar-refractivity contribution in [2.75, 3.05) is 36.9 Å². The number of hydrogen-bond donors (Lipinski definition) is 2. The van der Waals surface area contributed by atoms with E-state index < -0.39 is 0 Å². The number of hydrogen-bond acceptors (Lipinski definition) is 5. The summed E-state index contributed by atoms with van der Waals surface area (Å²) in [5.74, 6) is 3.29. The quantitative estimate of drug-likeness (QED) is 0.783. The highest BCUT2D eigenvalue weighted by Gasteiger charge is 2.22. The molecule has 1 aliphatic rings. The molecule has 1 aromatic heterocycles. The maximum atomic E-state index is 5.69. The van der Waals surface area contributed by atoms with Gasteiger partial charge >= 0.3 is 0 Å². The van der Waals surface area contributed by atoms with E-state index in [0.29, 0.717) is 5.92 Å². The van der Waals surface area contributed by atoms with Crippen LogP contribution in [0.1, 0.15) is 12.2 Å². The van der Waals surface area contributed by atoms with Gasteiger partial charge in [0.2, 0.25) is 0 Å². The molecule has 3 N–H and O–H groups in total. The Balaban J connectivity index is 2.17. The smallest absolute Gasteiger partial charge is 0.134 e. The van der Waals surface area contributed by atoms with Crippen molar-refractivity contribution in [1.82, 2.24) is 9.97 Å². The molecule has 0 aliphatic carbocycles. The highest BCUT2D eigenvalue weighted by Crippen LogP contribution is 2.23. The average molecular weight is 221 g/mol. The number of rotatable bonds is 3. The third kappa shape index (κ3) is 2.24. The van der Waals surface area contributed by atoms with Gasteiger partial charge in [0, 0.05) is 26.2 Å². The van der Waals surface area contributed by atoms with E-state index in [9.17, 15) is 0 Å². The van der Waals surface area contributed by atoms with E-state index in [-0.39, 0.29) is 0 Å². The van der Waals surface area contributed by atoms with Gasteiger partial charge in [-0.1, -0.05) is 0 Å². The molecule has 88 valence electrons. The largest absolute Gasteiger partial charge is 0.373 e. The van der Waals surface area contributed by atoms with Crippen LogP contribution >= 0.6 is 0 Å². The molecule has 0 aromatic carbocycles. The first kappa shape index (κ1) is 11.1. The van der Waals surface area contributed by atoms with Gasteiger partial charge in [0.15, 0.2) is 0 Å². The minimum absolute atomic E-state index is 0.605. The maximum Gasteiger partial charge on any atom is 0.134 e. The van der Waals surface area contributed by atoms with Crippen LogP contribution in [0, 0.1) is 12.8 Å². The van der Waals surface area contributed by atoms with E-state index >= 15 is 0 Å². The SMILES string of the molecule is CNc1cc(N2CCC(CN)C2)nc(C)n1. The molecule has 1 aromatic rings. The number of nitrogens with zero attached hydrogens (tertiary/aromatic N) is 3. The van der Waals surface area contributed by atoms with E-state index in [4.69, 9.17) is 5.73 Å². The number of aromatic nitrogens is 2. The molecule has 2 heterocycles. The fourth-order valence-electron chi connectivity index (χ4n) is 2.08. The minimum atomic E-state index is 0.605. The Bertz CT molecular complexity index is 365. The number of nitrogens with one attached hydrogen (secondary N) is 1. The molecule has 1 unspecified atom stereocenters. The lowest BCUT2D eigenvalue weighted by molar-refractivity contribution is 0.602. The molecule has 0 spiro atoms. The molecule has 0 bridgehead atoms. The van der Waals surface area contributed by atoms with Crippen LogP contribution in [-0.2, 0) is 0 Å². The first-order chi connectivity index (χ1) is 7.72. The molecule has 1 atom stereocenters. The third-order valence-electron chi connectivity index (χ3n) is 3.02. The molecule has 5 heteroatoms. The van der Waals surface area contributed by atoms with Crippen molar-refractivity contribution in [2.24, 2.45) is 11.7 Å². The Morgan fingerprint density at radius 2 is 2.38 bits per heavy atom. The van der Waals surface area contributed by atoms with Crippen molar-refractivity contribution in [3.63, 3.8) is 0 Å². The van der Waals surface area contributed by atoms with Gasteiger partial charge in [-0.15, -0.1) is 0 Å². The van der Waals surface area contributed by atoms with Gasteiger partial charge in [0.1, 0.15) is 17.5 Å². The Kier molecular flexibility index (Phi) is 3.24. The molecular weight excluding hydrogens is 202 g/mol. The Morgan fingerprint density at radius 1 is 1.56 bits per heavy atom. The van der Waals surface area contributed by atoms with Crippen LogP contribution in [0.15, 0.2) is 6.07 Å². The Labute approximate surface area is 96.1 Å². The predicted molar refractivity (Wildman–Crippen MR) is 65.7 cm³/mol. The van der Waals surface area contributed by atoms with Gasteiger partial charge in [0.25, 0.3) is 0 Å². The topological polar surface area (TPSA) is 67.1 Å². The summed E-state index contributed by atoms with van der Waals surface area (Å²) in [6.07, 6.45) is 1.16. The normalized spacial score (nSPS) is 20.2. The molecule has 0 radical (unpaired) electrons. The van der Waals surface area contributed by atoms with Gasteiger partial charge in [-0.3, -0.25) is 0 Å². The number of nitrogens with two attached hydrogens (primary N) is 1. The van der Waals surface area contributed by atoms with Crippen molar-refractivity contribution in [3.05, 3.63) is 11.9 Å². The summed E-state index contributed by atoms with van der Waals surface area (Å²) in [6.45, 7) is 4.73. The lowest BCUT2D eigenvalue weighted by atomic mass is 10.1. The van der Waals surface area contributed by atoms with Crippen LogP contribution in [0.5, 0.6) is 0 Å². The van der Waals surface area contributed by atoms with Gasteiger partial charge in [0.05, 0.1) is 0 Å². The van der Waals surface area contributed by atoms with Crippen LogP contribution in [0.25, 0.3) is 0 Å². The van der Waals surface area contributed by atoms with Crippen molar-refractivity contribution in [2.45, 2.75) is 13.3 Å². The monoisotopic (exact) mass is 221 g/mol. The fourth-order valence-corrected chi connectivity index (χ4v) is 2.08. The third-order valence-corrected chi connectivity index (χ3v) is 3.02. The standard InChI is InChI=1S/C11H19N5/c1-8-14-10(13-2)5-11(15-8)16-4-3-9(6-12)7-16/h5,9H,3-4,6-7,12H2,1-2H3,(H,13,14,15). The van der Waals surface area contributed by atoms with Crippen LogP contribution < -0.4 is 16.0 Å². The molecule has 1 aliphatic heterocycles. The maximum absolute atomic E-state index is 5.69. The van der Waals surface area contributed by atoms with E-state index in [1.54, 1.807) is 0 Å². The zero-order chi connectivity index (χ0) is 11.5. The Hall–Kier alpha value is -1.36. The van der Waals surface area contributed by atoms with E-state index in [0.717, 1.165) is 43.5 Å². The molecule has 5 nitrogen and oxygen atoms in total. The highest BCUT2D eigenvalue weighted by atomic mass is 15.2. The van der Waals surface area contributed by atoms with Crippen LogP contribution in [0.3, 0.4) is 0 Å². The molecular formula is C11H19N5. The highest BCUT2D eigenvalue weighted by molar-refractivity contribution is 5.49. The number of anilines is 2. The lowest BCUT2D eigenvalue weighted by Gasteiger charge is -2.18. The Morgan fingerprint density at radius 3 is 3.00 bits per heavy atom. The second-order valence-corrected chi connectivity index (χ2v) is 4.25. The zero-order valence-corrected chi connectivity index (χ0v) is 9.90. The summed E-state index contributed by atoms with van der Waals surface area (Å²) in [5, 5.41) is 3.05. The lowest BCUT2D eigenvalue weighted by Crippen LogP contribution is -2.23. The molecule has 0 amide bonds. The molecule has 16 heavy (non-hydrogen) atoms. The van der Waals surface area contributed by atoms with Crippen molar-refractivity contribution in [1.29, 1.82) is 0 Å². The summed E-state index contributed by atoms with van der Waals surface area (Å²) >= 11 is 0. The molecule has 1 fully saturated rings. The summed E-state index contributed by atoms with van der Waals surface area (Å²) in [4.78, 5) is 11.0. The van der Waals surface area contributed by atoms with E-state index in [1.165, 1.54) is 0 Å². The predicted octanol–water partition coefficient (Wildman–Crippen LogP) is 0.612. The molecule has 1 saturated heterocycles. The second-order valence-electron chi connectivity index (χ2n) is 4.25. The van der Waals surface area contributed by atoms with E-state index in [2.05, 4.69) is 20.2 Å². The fraction of sp³-hybridized carbons (Fsp3) is 0.636. The van der Waals surface area contributed by atoms with Crippen LogP contribution in [0.4, 0.5) is 11.6 Å². The number of aryl methyl sites for hydroxylation is 1. The summed E-state index contributed by atoms with van der Waals surface area (Å²) < 4.78 is 0. The van der Waals surface area contributed by atoms with Crippen molar-refractivity contribution < 1.29 is 0 Å². The zero-order valence-electron chi connectivity index (χ0n) is 9.90. The van der Waals surface area contributed by atoms with Crippen LogP contribution in [-0.4, -0.2) is 36.6 Å². The summed E-state index contributed by atoms with van der Waals surface area (Å²) in [6, 6.07) is 1.99. The van der Waals surface area contributed by atoms with Crippen LogP contribution in [0.2, 0.25) is 0 Å². The van der Waals surface area contributed by atoms with Gasteiger partial charge in [-0.2, -0.15) is 0 Å². The summed E-state index contributed by atoms with van der Waals surface area (Å²) in [5.41, 5.74) is 5.69. The van der Waals surface area contributed by atoms with Gasteiger partial charge in [-0.05, 0) is 25.8 Å². The van der Waals surface area contributed by atoms with Crippen molar-refractivity contribution in [3.8, 4) is 0 Å². The first-order valence-corrected chi connectivity index (χ1v) is 5.71. The first-order valence-electron chi connectivity index (χ1n) is 5.71. The van der Waals surface area contributed by atoms with Gasteiger partial charge in [-0.25, -0.2) is 9.97 Å². The van der Waals surface area contributed by atoms with E-state index in [1.807, 2.05) is 20.0 Å². The second kappa shape index (κ2) is 4.65.